The maximum Gasteiger partial charge on any atom is 0.158 e. The molecular weight excluding hydrogens is 140 g/mol. The molecule has 0 fully saturated rings. The molecule has 0 saturated carbocycles. The van der Waals surface area contributed by atoms with Crippen LogP contribution in [0, 0.1) is 0 Å². The van der Waals surface area contributed by atoms with Gasteiger partial charge in [-0.2, -0.15) is 0 Å². The summed E-state index contributed by atoms with van der Waals surface area (Å²) in [6.45, 7) is 3.92. The zero-order valence-electron chi connectivity index (χ0n) is 6.83. The first-order valence-electron chi connectivity index (χ1n) is 3.81. The predicted molar refractivity (Wildman–Crippen MR) is 42.5 cm³/mol. The topological polar surface area (TPSA) is 46.0 Å². The van der Waals surface area contributed by atoms with Gasteiger partial charge in [-0.1, -0.05) is 13.8 Å². The number of hydrogen-bond acceptors (Lipinski definition) is 3. The fraction of sp³-hybridized carbons (Fsp3) is 0.500. The molecule has 0 radical (unpaired) electrons. The monoisotopic (exact) mass is 152 g/mol. The molecule has 3 heteroatoms. The standard InChI is InChI=1S/C8H12N2O/c1-3-6-8(11)7(4-2)10-5-9-6/h5,11H,3-4H2,1-2H3. The maximum atomic E-state index is 9.46. The van der Waals surface area contributed by atoms with Gasteiger partial charge in [0.25, 0.3) is 0 Å². The van der Waals surface area contributed by atoms with Gasteiger partial charge in [0.05, 0.1) is 11.4 Å². The Kier molecular flexibility index (Phi) is 2.41. The molecule has 0 aromatic carbocycles. The smallest absolute Gasteiger partial charge is 0.158 e. The number of aryl methyl sites for hydroxylation is 2. The number of rotatable bonds is 2. The fourth-order valence-corrected chi connectivity index (χ4v) is 0.975. The zero-order valence-corrected chi connectivity index (χ0v) is 6.83. The minimum Gasteiger partial charge on any atom is -0.504 e. The summed E-state index contributed by atoms with van der Waals surface area (Å²) in [5.41, 5.74) is 1.47. The second-order valence-corrected chi connectivity index (χ2v) is 2.32. The Morgan fingerprint density at radius 3 is 2.00 bits per heavy atom. The molecule has 0 spiro atoms. The average Bonchev–Trinajstić information content (AvgIpc) is 2.05. The summed E-state index contributed by atoms with van der Waals surface area (Å²) in [5.74, 6) is 0.262. The Morgan fingerprint density at radius 2 is 1.64 bits per heavy atom. The van der Waals surface area contributed by atoms with Crippen LogP contribution in [0.3, 0.4) is 0 Å². The molecule has 1 rings (SSSR count). The van der Waals surface area contributed by atoms with Crippen molar-refractivity contribution in [3.05, 3.63) is 17.7 Å². The van der Waals surface area contributed by atoms with Gasteiger partial charge in [-0.25, -0.2) is 9.97 Å². The lowest BCUT2D eigenvalue weighted by Crippen LogP contribution is -1.95. The van der Waals surface area contributed by atoms with E-state index in [0.29, 0.717) is 0 Å². The highest BCUT2D eigenvalue weighted by atomic mass is 16.3. The first-order valence-corrected chi connectivity index (χ1v) is 3.81. The highest BCUT2D eigenvalue weighted by Crippen LogP contribution is 2.18. The van der Waals surface area contributed by atoms with Crippen molar-refractivity contribution in [3.63, 3.8) is 0 Å². The summed E-state index contributed by atoms with van der Waals surface area (Å²) in [4.78, 5) is 7.89. The van der Waals surface area contributed by atoms with Gasteiger partial charge < -0.3 is 5.11 Å². The summed E-state index contributed by atoms with van der Waals surface area (Å²) < 4.78 is 0. The van der Waals surface area contributed by atoms with Crippen LogP contribution in [-0.4, -0.2) is 15.1 Å². The van der Waals surface area contributed by atoms with Crippen LogP contribution in [0.5, 0.6) is 5.75 Å². The molecule has 1 aromatic heterocycles. The van der Waals surface area contributed by atoms with Gasteiger partial charge in [0.1, 0.15) is 6.33 Å². The van der Waals surface area contributed by atoms with Crippen LogP contribution < -0.4 is 0 Å². The molecule has 0 aliphatic heterocycles. The van der Waals surface area contributed by atoms with E-state index in [1.165, 1.54) is 6.33 Å². The quantitative estimate of drug-likeness (QED) is 0.694. The summed E-state index contributed by atoms with van der Waals surface area (Å²) >= 11 is 0. The van der Waals surface area contributed by atoms with Crippen LogP contribution in [0.25, 0.3) is 0 Å². The molecule has 0 atom stereocenters. The van der Waals surface area contributed by atoms with E-state index in [1.54, 1.807) is 0 Å². The van der Waals surface area contributed by atoms with Crippen LogP contribution in [0.1, 0.15) is 25.2 Å². The van der Waals surface area contributed by atoms with Gasteiger partial charge in [0, 0.05) is 0 Å². The number of hydrogen-bond donors (Lipinski definition) is 1. The molecule has 1 aromatic rings. The molecule has 0 aliphatic rings. The van der Waals surface area contributed by atoms with E-state index in [0.717, 1.165) is 24.2 Å². The van der Waals surface area contributed by atoms with Crippen molar-refractivity contribution in [3.8, 4) is 5.75 Å². The van der Waals surface area contributed by atoms with E-state index in [2.05, 4.69) is 9.97 Å². The molecule has 60 valence electrons. The van der Waals surface area contributed by atoms with E-state index in [4.69, 9.17) is 0 Å². The lowest BCUT2D eigenvalue weighted by Gasteiger charge is -2.02. The third-order valence-corrected chi connectivity index (χ3v) is 1.64. The molecule has 11 heavy (non-hydrogen) atoms. The van der Waals surface area contributed by atoms with Crippen molar-refractivity contribution in [2.45, 2.75) is 26.7 Å². The summed E-state index contributed by atoms with van der Waals surface area (Å²) in [6, 6.07) is 0. The molecule has 1 heterocycles. The summed E-state index contributed by atoms with van der Waals surface area (Å²) in [5, 5.41) is 9.46. The van der Waals surface area contributed by atoms with Crippen molar-refractivity contribution in [2.75, 3.05) is 0 Å². The van der Waals surface area contributed by atoms with Crippen molar-refractivity contribution in [1.82, 2.24) is 9.97 Å². The normalized spacial score (nSPS) is 10.0. The highest BCUT2D eigenvalue weighted by molar-refractivity contribution is 5.30. The SMILES string of the molecule is CCc1ncnc(CC)c1O. The molecule has 3 nitrogen and oxygen atoms in total. The minimum absolute atomic E-state index is 0.262. The Balaban J connectivity index is 3.10. The lowest BCUT2D eigenvalue weighted by molar-refractivity contribution is 0.453. The highest BCUT2D eigenvalue weighted by Gasteiger charge is 2.05. The zero-order chi connectivity index (χ0) is 8.27. The van der Waals surface area contributed by atoms with Gasteiger partial charge >= 0.3 is 0 Å². The molecule has 0 bridgehead atoms. The van der Waals surface area contributed by atoms with Crippen molar-refractivity contribution < 1.29 is 5.11 Å². The van der Waals surface area contributed by atoms with Crippen LogP contribution in [-0.2, 0) is 12.8 Å². The van der Waals surface area contributed by atoms with Crippen LogP contribution in [0.4, 0.5) is 0 Å². The van der Waals surface area contributed by atoms with Gasteiger partial charge in [-0.3, -0.25) is 0 Å². The molecule has 0 aliphatic carbocycles. The van der Waals surface area contributed by atoms with Crippen molar-refractivity contribution >= 4 is 0 Å². The molecule has 0 saturated heterocycles. The summed E-state index contributed by atoms with van der Waals surface area (Å²) in [6.07, 6.45) is 3.00. The first kappa shape index (κ1) is 7.98. The summed E-state index contributed by atoms with van der Waals surface area (Å²) in [7, 11) is 0. The van der Waals surface area contributed by atoms with Crippen LogP contribution in [0.15, 0.2) is 6.33 Å². The van der Waals surface area contributed by atoms with E-state index in [9.17, 15) is 5.11 Å². The van der Waals surface area contributed by atoms with Crippen molar-refractivity contribution in [1.29, 1.82) is 0 Å². The Bertz CT molecular complexity index is 226. The maximum absolute atomic E-state index is 9.46. The molecule has 0 unspecified atom stereocenters. The van der Waals surface area contributed by atoms with Crippen LogP contribution >= 0.6 is 0 Å². The minimum atomic E-state index is 0.262. The van der Waals surface area contributed by atoms with Gasteiger partial charge in [-0.15, -0.1) is 0 Å². The van der Waals surface area contributed by atoms with Crippen LogP contribution in [0.2, 0.25) is 0 Å². The molecule has 1 N–H and O–H groups in total. The Hall–Kier alpha value is -1.12. The molecule has 0 amide bonds. The van der Waals surface area contributed by atoms with Gasteiger partial charge in [0.2, 0.25) is 0 Å². The molecular formula is C8H12N2O. The van der Waals surface area contributed by atoms with E-state index in [-0.39, 0.29) is 5.75 Å². The second kappa shape index (κ2) is 3.32. The second-order valence-electron chi connectivity index (χ2n) is 2.32. The van der Waals surface area contributed by atoms with E-state index < -0.39 is 0 Å². The third kappa shape index (κ3) is 1.48. The average molecular weight is 152 g/mol. The number of aromatic nitrogens is 2. The lowest BCUT2D eigenvalue weighted by atomic mass is 10.2. The van der Waals surface area contributed by atoms with Gasteiger partial charge in [0.15, 0.2) is 5.75 Å². The Labute approximate surface area is 66.1 Å². The van der Waals surface area contributed by atoms with E-state index in [1.807, 2.05) is 13.8 Å². The Morgan fingerprint density at radius 1 is 1.18 bits per heavy atom. The van der Waals surface area contributed by atoms with E-state index >= 15 is 0 Å². The first-order chi connectivity index (χ1) is 5.29. The largest absolute Gasteiger partial charge is 0.504 e. The fourth-order valence-electron chi connectivity index (χ4n) is 0.975. The third-order valence-electron chi connectivity index (χ3n) is 1.64. The predicted octanol–water partition coefficient (Wildman–Crippen LogP) is 1.31. The number of nitrogens with zero attached hydrogens (tertiary/aromatic N) is 2. The van der Waals surface area contributed by atoms with Gasteiger partial charge in [-0.05, 0) is 12.8 Å². The number of aromatic hydroxyl groups is 1. The van der Waals surface area contributed by atoms with Crippen molar-refractivity contribution in [2.24, 2.45) is 0 Å².